The standard InChI is InChI=1S/C34H23N7O15S3/c35-28-23(39-37-21-7-3-1-5-17(21)33(44)45)14-26(59(50,51)52)20-13-25(58-56-54-49)30(32(43)27(20)28)40-36-16-10-9-15-11-24(57-55-53-48)29(31(42)19(15)12-16)41-38-22-8-4-2-6-18(22)34(46)47/h1-14,42-43,48-49H,35H2,(H,44,45)(H,46,47)(H,50,51,52). The lowest BCUT2D eigenvalue weighted by Crippen LogP contribution is -2.02. The molecule has 0 saturated carbocycles. The Balaban J connectivity index is 1.49. The quantitative estimate of drug-likeness (QED) is 0.0119. The summed E-state index contributed by atoms with van der Waals surface area (Å²) in [7, 11) is -5.10. The molecule has 0 bridgehead atoms. The van der Waals surface area contributed by atoms with E-state index in [1.54, 1.807) is 0 Å². The normalized spacial score (nSPS) is 12.1. The third kappa shape index (κ3) is 9.08. The molecule has 6 aromatic rings. The van der Waals surface area contributed by atoms with Gasteiger partial charge in [0, 0.05) is 10.8 Å². The van der Waals surface area contributed by atoms with Crippen LogP contribution < -0.4 is 5.73 Å². The fourth-order valence-electron chi connectivity index (χ4n) is 5.42. The molecule has 9 N–H and O–H groups in total. The van der Waals surface area contributed by atoms with Crippen molar-refractivity contribution in [1.29, 1.82) is 0 Å². The van der Waals surface area contributed by atoms with Gasteiger partial charge >= 0.3 is 11.9 Å². The number of carboxylic acid groups (broad SMARTS) is 2. The number of azo groups is 3. The Kier molecular flexibility index (Phi) is 12.7. The minimum absolute atomic E-state index is 0.0169. The summed E-state index contributed by atoms with van der Waals surface area (Å²) in [6, 6.07) is 18.7. The number of hydrogen-bond donors (Lipinski definition) is 8. The zero-order valence-corrected chi connectivity index (χ0v) is 31.4. The Morgan fingerprint density at radius 3 is 1.73 bits per heavy atom. The Hall–Kier alpha value is -6.65. The monoisotopic (exact) mass is 865 g/mol. The third-order valence-electron chi connectivity index (χ3n) is 8.00. The van der Waals surface area contributed by atoms with Gasteiger partial charge in [-0.15, -0.1) is 34.2 Å². The number of nitrogen functional groups attached to an aromatic ring is 1. The first-order valence-corrected chi connectivity index (χ1v) is 18.7. The molecule has 0 spiro atoms. The van der Waals surface area contributed by atoms with Gasteiger partial charge in [-0.25, -0.2) is 20.1 Å². The molecule has 0 saturated heterocycles. The number of carbonyl (C=O) groups is 2. The summed E-state index contributed by atoms with van der Waals surface area (Å²) < 4.78 is 44.4. The molecule has 6 aromatic carbocycles. The number of hydrogen-bond acceptors (Lipinski definition) is 21. The van der Waals surface area contributed by atoms with Crippen molar-refractivity contribution < 1.29 is 72.2 Å². The summed E-state index contributed by atoms with van der Waals surface area (Å²) in [5.41, 5.74) is 4.21. The zero-order valence-electron chi connectivity index (χ0n) is 29.0. The smallest absolute Gasteiger partial charge is 0.337 e. The highest BCUT2D eigenvalue weighted by atomic mass is 32.2. The maximum atomic E-state index is 12.6. The highest BCUT2D eigenvalue weighted by Gasteiger charge is 2.26. The number of nitrogens with two attached hydrogens (primary N) is 1. The molecule has 0 aliphatic rings. The van der Waals surface area contributed by atoms with Crippen LogP contribution in [0.25, 0.3) is 21.5 Å². The van der Waals surface area contributed by atoms with E-state index in [2.05, 4.69) is 49.4 Å². The number of nitrogens with zero attached hydrogens (tertiary/aromatic N) is 6. The van der Waals surface area contributed by atoms with Gasteiger partial charge in [0.2, 0.25) is 0 Å². The zero-order chi connectivity index (χ0) is 42.4. The maximum Gasteiger partial charge on any atom is 0.337 e. The van der Waals surface area contributed by atoms with Crippen molar-refractivity contribution in [2.24, 2.45) is 30.7 Å². The van der Waals surface area contributed by atoms with Crippen LogP contribution in [0.3, 0.4) is 0 Å². The first-order valence-electron chi connectivity index (χ1n) is 15.8. The van der Waals surface area contributed by atoms with Crippen LogP contribution in [0.2, 0.25) is 0 Å². The van der Waals surface area contributed by atoms with Gasteiger partial charge in [0.25, 0.3) is 10.1 Å². The van der Waals surface area contributed by atoms with Gasteiger partial charge in [-0.1, -0.05) is 40.4 Å². The van der Waals surface area contributed by atoms with Crippen LogP contribution in [-0.2, 0) is 28.9 Å². The van der Waals surface area contributed by atoms with Crippen molar-refractivity contribution in [2.75, 3.05) is 5.73 Å². The minimum Gasteiger partial charge on any atom is -0.505 e. The molecule has 25 heteroatoms. The van der Waals surface area contributed by atoms with Crippen molar-refractivity contribution in [2.45, 2.75) is 14.7 Å². The summed E-state index contributed by atoms with van der Waals surface area (Å²) in [6.45, 7) is 0. The minimum atomic E-state index is -5.10. The summed E-state index contributed by atoms with van der Waals surface area (Å²) in [6.07, 6.45) is 0. The van der Waals surface area contributed by atoms with E-state index in [9.17, 15) is 43.0 Å². The second-order valence-corrected chi connectivity index (χ2v) is 14.3. The number of phenols is 2. The molecule has 0 fully saturated rings. The number of anilines is 1. The molecule has 6 rings (SSSR count). The first kappa shape index (κ1) is 42.0. The van der Waals surface area contributed by atoms with Crippen molar-refractivity contribution in [3.05, 3.63) is 96.1 Å². The third-order valence-corrected chi connectivity index (χ3v) is 10.1. The van der Waals surface area contributed by atoms with Crippen LogP contribution >= 0.6 is 24.1 Å². The summed E-state index contributed by atoms with van der Waals surface area (Å²) >= 11 is 0.669. The molecule has 0 atom stereocenters. The Bertz CT molecular complexity index is 2860. The van der Waals surface area contributed by atoms with Crippen molar-refractivity contribution >= 4 is 107 Å². The molecule has 0 heterocycles. The number of aromatic hydroxyl groups is 2. The van der Waals surface area contributed by atoms with E-state index in [-0.39, 0.29) is 66.5 Å². The van der Waals surface area contributed by atoms with Crippen LogP contribution in [0.15, 0.2) is 130 Å². The van der Waals surface area contributed by atoms with E-state index in [0.29, 0.717) is 17.4 Å². The summed E-state index contributed by atoms with van der Waals surface area (Å²) in [4.78, 5) is 22.4. The Morgan fingerprint density at radius 2 is 1.15 bits per heavy atom. The second kappa shape index (κ2) is 17.9. The largest absolute Gasteiger partial charge is 0.505 e. The van der Waals surface area contributed by atoms with Gasteiger partial charge in [-0.3, -0.25) is 4.55 Å². The lowest BCUT2D eigenvalue weighted by atomic mass is 10.0. The molecule has 59 heavy (non-hydrogen) atoms. The molecule has 0 aromatic heterocycles. The van der Waals surface area contributed by atoms with E-state index in [1.807, 2.05) is 0 Å². The lowest BCUT2D eigenvalue weighted by Gasteiger charge is -2.14. The van der Waals surface area contributed by atoms with E-state index in [1.165, 1.54) is 72.8 Å². The maximum absolute atomic E-state index is 12.6. The molecular weight excluding hydrogens is 843 g/mol. The molecular formula is C34H23N7O15S3. The van der Waals surface area contributed by atoms with Gasteiger partial charge in [-0.2, -0.15) is 13.5 Å². The van der Waals surface area contributed by atoms with E-state index in [4.69, 9.17) is 16.2 Å². The van der Waals surface area contributed by atoms with Gasteiger partial charge in [0.1, 0.15) is 33.3 Å². The van der Waals surface area contributed by atoms with Gasteiger partial charge in [0.15, 0.2) is 11.5 Å². The van der Waals surface area contributed by atoms with Gasteiger partial charge in [-0.05, 0) is 60.0 Å². The number of aromatic carboxylic acids is 2. The second-order valence-electron chi connectivity index (χ2n) is 11.5. The molecule has 0 unspecified atom stereocenters. The number of rotatable bonds is 15. The van der Waals surface area contributed by atoms with Crippen molar-refractivity contribution in [1.82, 2.24) is 0 Å². The predicted octanol–water partition coefficient (Wildman–Crippen LogP) is 9.73. The summed E-state index contributed by atoms with van der Waals surface area (Å²) in [5, 5.41) is 90.6. The fourth-order valence-corrected chi connectivity index (χ4v) is 7.10. The fraction of sp³-hybridized carbons (Fsp3) is 0. The highest BCUT2D eigenvalue weighted by Crippen LogP contribution is 2.50. The van der Waals surface area contributed by atoms with Crippen molar-refractivity contribution in [3.63, 3.8) is 0 Å². The van der Waals surface area contributed by atoms with E-state index >= 15 is 0 Å². The molecule has 0 amide bonds. The van der Waals surface area contributed by atoms with Gasteiger partial charge < -0.3 is 26.2 Å². The number of fused-ring (bicyclic) bond motifs is 2. The van der Waals surface area contributed by atoms with E-state index < -0.39 is 60.9 Å². The Morgan fingerprint density at radius 1 is 0.627 bits per heavy atom. The molecule has 0 aliphatic heterocycles. The SMILES string of the molecule is Nc1c(N=Nc2ccccc2C(=O)O)cc(S(=O)(=O)O)c2cc(SOOO)c(N=Nc3ccc4cc(SOOO)c(N=Nc5ccccc5C(=O)O)c(O)c4c3)c(O)c12. The van der Waals surface area contributed by atoms with Crippen LogP contribution in [-0.4, -0.2) is 55.8 Å². The molecule has 22 nitrogen and oxygen atoms in total. The average Bonchev–Trinajstić information content (AvgIpc) is 3.21. The highest BCUT2D eigenvalue weighted by molar-refractivity contribution is 7.95. The molecule has 0 aliphatic carbocycles. The average molecular weight is 866 g/mol. The van der Waals surface area contributed by atoms with Crippen LogP contribution in [0.1, 0.15) is 20.7 Å². The number of phenolic OH excluding ortho intramolecular Hbond substituents is 2. The van der Waals surface area contributed by atoms with Gasteiger partial charge in [0.05, 0.1) is 61.8 Å². The van der Waals surface area contributed by atoms with Crippen LogP contribution in [0.5, 0.6) is 11.5 Å². The Labute approximate surface area is 337 Å². The lowest BCUT2D eigenvalue weighted by molar-refractivity contribution is -0.432. The topological polar surface area (TPSA) is 347 Å². The first-order chi connectivity index (χ1) is 28.2. The van der Waals surface area contributed by atoms with Crippen molar-refractivity contribution in [3.8, 4) is 11.5 Å². The molecule has 0 radical (unpaired) electrons. The predicted molar refractivity (Wildman–Crippen MR) is 206 cm³/mol. The van der Waals surface area contributed by atoms with Crippen LogP contribution in [0.4, 0.5) is 39.8 Å². The molecule has 302 valence electrons. The number of benzene rings is 6. The summed E-state index contributed by atoms with van der Waals surface area (Å²) in [5.74, 6) is -3.99. The van der Waals surface area contributed by atoms with Crippen LogP contribution in [0, 0.1) is 0 Å². The number of carboxylic acids is 2. The van der Waals surface area contributed by atoms with E-state index in [0.717, 1.165) is 12.1 Å².